The lowest BCUT2D eigenvalue weighted by Crippen LogP contribution is -2.18. The third-order valence-corrected chi connectivity index (χ3v) is 4.95. The highest BCUT2D eigenvalue weighted by Gasteiger charge is 2.10. The van der Waals surface area contributed by atoms with Crippen molar-refractivity contribution in [3.8, 4) is 0 Å². The SMILES string of the molecule is CCc1cnc(CSc2cnc(NC(=O)Nc3cc(C)no3)s2)o1. The lowest BCUT2D eigenvalue weighted by Gasteiger charge is -2.00. The maximum atomic E-state index is 11.8. The first-order chi connectivity index (χ1) is 11.6. The summed E-state index contributed by atoms with van der Waals surface area (Å²) < 4.78 is 11.4. The number of thiazole rings is 1. The summed E-state index contributed by atoms with van der Waals surface area (Å²) in [5, 5.41) is 9.38. The van der Waals surface area contributed by atoms with Gasteiger partial charge in [0.25, 0.3) is 0 Å². The van der Waals surface area contributed by atoms with E-state index in [0.717, 1.165) is 16.4 Å². The quantitative estimate of drug-likeness (QED) is 0.637. The van der Waals surface area contributed by atoms with Crippen LogP contribution in [0.4, 0.5) is 15.8 Å². The second kappa shape index (κ2) is 7.49. The number of nitrogens with one attached hydrogen (secondary N) is 2. The number of carbonyl (C=O) groups is 1. The number of aromatic nitrogens is 3. The number of hydrogen-bond acceptors (Lipinski definition) is 8. The van der Waals surface area contributed by atoms with Crippen molar-refractivity contribution in [2.24, 2.45) is 0 Å². The fourth-order valence-corrected chi connectivity index (χ4v) is 3.48. The maximum absolute atomic E-state index is 11.8. The minimum absolute atomic E-state index is 0.284. The summed E-state index contributed by atoms with van der Waals surface area (Å²) in [5.74, 6) is 2.45. The van der Waals surface area contributed by atoms with Crippen molar-refractivity contribution in [1.82, 2.24) is 15.1 Å². The highest BCUT2D eigenvalue weighted by Crippen LogP contribution is 2.30. The monoisotopic (exact) mass is 365 g/mol. The van der Waals surface area contributed by atoms with E-state index in [1.165, 1.54) is 11.3 Å². The first kappa shape index (κ1) is 16.5. The van der Waals surface area contributed by atoms with Crippen LogP contribution in [0.25, 0.3) is 0 Å². The van der Waals surface area contributed by atoms with Gasteiger partial charge in [-0.05, 0) is 6.92 Å². The third-order valence-electron chi connectivity index (χ3n) is 2.86. The number of thioether (sulfide) groups is 1. The van der Waals surface area contributed by atoms with Gasteiger partial charge in [-0.25, -0.2) is 14.8 Å². The van der Waals surface area contributed by atoms with Crippen molar-refractivity contribution in [2.75, 3.05) is 10.6 Å². The lowest BCUT2D eigenvalue weighted by molar-refractivity contribution is 0.261. The van der Waals surface area contributed by atoms with Crippen LogP contribution in [0.15, 0.2) is 31.6 Å². The zero-order valence-electron chi connectivity index (χ0n) is 13.0. The summed E-state index contributed by atoms with van der Waals surface area (Å²) >= 11 is 2.93. The molecule has 0 saturated carbocycles. The molecule has 0 radical (unpaired) electrons. The fraction of sp³-hybridized carbons (Fsp3) is 0.286. The van der Waals surface area contributed by atoms with Gasteiger partial charge in [-0.15, -0.1) is 11.8 Å². The van der Waals surface area contributed by atoms with Crippen molar-refractivity contribution in [2.45, 2.75) is 30.2 Å². The minimum atomic E-state index is -0.433. The molecule has 10 heteroatoms. The van der Waals surface area contributed by atoms with Crippen LogP contribution in [0.5, 0.6) is 0 Å². The van der Waals surface area contributed by atoms with Gasteiger partial charge in [-0.3, -0.25) is 10.6 Å². The maximum Gasteiger partial charge on any atom is 0.327 e. The molecule has 0 aliphatic carbocycles. The Hall–Kier alpha value is -2.33. The summed E-state index contributed by atoms with van der Waals surface area (Å²) in [4.78, 5) is 20.2. The number of rotatable bonds is 6. The van der Waals surface area contributed by atoms with Crippen LogP contribution in [0.2, 0.25) is 0 Å². The Morgan fingerprint density at radius 3 is 2.92 bits per heavy atom. The van der Waals surface area contributed by atoms with Crippen LogP contribution >= 0.6 is 23.1 Å². The molecule has 2 N–H and O–H groups in total. The van der Waals surface area contributed by atoms with Gasteiger partial charge in [0.15, 0.2) is 5.13 Å². The van der Waals surface area contributed by atoms with E-state index in [9.17, 15) is 4.79 Å². The number of amides is 2. The second-order valence-corrected chi connectivity index (χ2v) is 7.06. The van der Waals surface area contributed by atoms with Gasteiger partial charge < -0.3 is 8.94 Å². The molecule has 3 aromatic rings. The van der Waals surface area contributed by atoms with Crippen LogP contribution in [-0.2, 0) is 12.2 Å². The molecule has 0 fully saturated rings. The summed E-state index contributed by atoms with van der Waals surface area (Å²) in [6.07, 6.45) is 4.27. The molecule has 0 bridgehead atoms. The summed E-state index contributed by atoms with van der Waals surface area (Å²) in [5.41, 5.74) is 0.691. The zero-order valence-corrected chi connectivity index (χ0v) is 14.7. The van der Waals surface area contributed by atoms with Gasteiger partial charge in [-0.1, -0.05) is 23.4 Å². The van der Waals surface area contributed by atoms with Crippen LogP contribution in [0.1, 0.15) is 24.3 Å². The van der Waals surface area contributed by atoms with Gasteiger partial charge in [-0.2, -0.15) is 0 Å². The van der Waals surface area contributed by atoms with E-state index < -0.39 is 6.03 Å². The topological polar surface area (TPSA) is 106 Å². The van der Waals surface area contributed by atoms with E-state index >= 15 is 0 Å². The van der Waals surface area contributed by atoms with Crippen LogP contribution in [0, 0.1) is 6.92 Å². The number of nitrogens with zero attached hydrogens (tertiary/aromatic N) is 3. The van der Waals surface area contributed by atoms with Crippen molar-refractivity contribution in [1.29, 1.82) is 0 Å². The Kier molecular flexibility index (Phi) is 5.16. The molecule has 0 aromatic carbocycles. The molecule has 0 spiro atoms. The van der Waals surface area contributed by atoms with Crippen LogP contribution in [0.3, 0.4) is 0 Å². The highest BCUT2D eigenvalue weighted by molar-refractivity contribution is 8.00. The molecule has 2 amide bonds. The van der Waals surface area contributed by atoms with Gasteiger partial charge in [0.2, 0.25) is 11.8 Å². The summed E-state index contributed by atoms with van der Waals surface area (Å²) in [7, 11) is 0. The Balaban J connectivity index is 1.50. The molecule has 126 valence electrons. The van der Waals surface area contributed by atoms with Gasteiger partial charge in [0.1, 0.15) is 5.76 Å². The molecule has 3 aromatic heterocycles. The van der Waals surface area contributed by atoms with Crippen LogP contribution in [-0.4, -0.2) is 21.2 Å². The number of urea groups is 1. The van der Waals surface area contributed by atoms with E-state index in [1.807, 2.05) is 6.92 Å². The van der Waals surface area contributed by atoms with Crippen LogP contribution < -0.4 is 10.6 Å². The minimum Gasteiger partial charge on any atom is -0.445 e. The third kappa shape index (κ3) is 4.36. The molecule has 0 aliphatic rings. The van der Waals surface area contributed by atoms with E-state index in [0.29, 0.717) is 22.5 Å². The normalized spacial score (nSPS) is 10.8. The standard InChI is InChI=1S/C14H15N5O3S2/c1-3-9-5-15-11(21-9)7-23-12-6-16-14(24-12)18-13(20)17-10-4-8(2)19-22-10/h4-6H,3,7H2,1-2H3,(H2,16,17,18,20). The first-order valence-corrected chi connectivity index (χ1v) is 8.96. The highest BCUT2D eigenvalue weighted by atomic mass is 32.2. The summed E-state index contributed by atoms with van der Waals surface area (Å²) in [6.45, 7) is 3.79. The predicted octanol–water partition coefficient (Wildman–Crippen LogP) is 3.93. The predicted molar refractivity (Wildman–Crippen MR) is 91.4 cm³/mol. The van der Waals surface area contributed by atoms with Gasteiger partial charge in [0.05, 0.1) is 28.0 Å². The second-order valence-electron chi connectivity index (χ2n) is 4.76. The first-order valence-electron chi connectivity index (χ1n) is 7.16. The molecule has 0 atom stereocenters. The smallest absolute Gasteiger partial charge is 0.327 e. The van der Waals surface area contributed by atoms with Gasteiger partial charge >= 0.3 is 6.03 Å². The molecule has 8 nitrogen and oxygen atoms in total. The van der Waals surface area contributed by atoms with Crippen molar-refractivity contribution >= 4 is 40.1 Å². The van der Waals surface area contributed by atoms with E-state index in [4.69, 9.17) is 8.94 Å². The molecular formula is C14H15N5O3S2. The molecular weight excluding hydrogens is 350 g/mol. The van der Waals surface area contributed by atoms with E-state index in [-0.39, 0.29) is 5.88 Å². The lowest BCUT2D eigenvalue weighted by atomic mass is 10.4. The molecule has 0 aliphatic heterocycles. The zero-order chi connectivity index (χ0) is 16.9. The number of oxazole rings is 1. The Labute approximate surface area is 146 Å². The molecule has 3 rings (SSSR count). The number of hydrogen-bond donors (Lipinski definition) is 2. The molecule has 0 unspecified atom stereocenters. The Morgan fingerprint density at radius 2 is 2.21 bits per heavy atom. The van der Waals surface area contributed by atoms with Crippen molar-refractivity contribution in [3.05, 3.63) is 35.8 Å². The average molecular weight is 365 g/mol. The molecule has 3 heterocycles. The van der Waals surface area contributed by atoms with E-state index in [2.05, 4.69) is 25.8 Å². The van der Waals surface area contributed by atoms with E-state index in [1.54, 1.807) is 37.1 Å². The number of carbonyl (C=O) groups excluding carboxylic acids is 1. The molecule has 24 heavy (non-hydrogen) atoms. The largest absolute Gasteiger partial charge is 0.445 e. The van der Waals surface area contributed by atoms with Gasteiger partial charge in [0, 0.05) is 12.5 Å². The van der Waals surface area contributed by atoms with Crippen molar-refractivity contribution in [3.63, 3.8) is 0 Å². The summed E-state index contributed by atoms with van der Waals surface area (Å²) in [6, 6.07) is 1.20. The Bertz CT molecular complexity index is 826. The number of anilines is 2. The molecule has 0 saturated heterocycles. The Morgan fingerprint density at radius 1 is 1.33 bits per heavy atom. The average Bonchev–Trinajstić information content (AvgIpc) is 3.27. The van der Waals surface area contributed by atoms with Crippen molar-refractivity contribution < 1.29 is 13.7 Å². The number of aryl methyl sites for hydroxylation is 2. The fourth-order valence-electron chi connectivity index (χ4n) is 1.76.